The lowest BCUT2D eigenvalue weighted by Gasteiger charge is -2.41. The zero-order chi connectivity index (χ0) is 14.6. The van der Waals surface area contributed by atoms with E-state index in [2.05, 4.69) is 5.32 Å². The van der Waals surface area contributed by atoms with E-state index in [1.165, 1.54) is 0 Å². The SMILES string of the molecule is CC(C(=O)NCC1(CC(=O)O)CCC1)c1ccccc1. The van der Waals surface area contributed by atoms with Gasteiger partial charge in [0, 0.05) is 6.54 Å². The number of nitrogens with one attached hydrogen (secondary N) is 1. The van der Waals surface area contributed by atoms with E-state index in [1.807, 2.05) is 37.3 Å². The average molecular weight is 275 g/mol. The molecule has 0 bridgehead atoms. The molecule has 0 aliphatic heterocycles. The van der Waals surface area contributed by atoms with E-state index in [9.17, 15) is 9.59 Å². The highest BCUT2D eigenvalue weighted by Gasteiger charge is 2.39. The van der Waals surface area contributed by atoms with Gasteiger partial charge in [0.2, 0.25) is 5.91 Å². The fourth-order valence-corrected chi connectivity index (χ4v) is 2.73. The first kappa shape index (κ1) is 14.6. The number of carbonyl (C=O) groups excluding carboxylic acids is 1. The number of aliphatic carboxylic acids is 1. The summed E-state index contributed by atoms with van der Waals surface area (Å²) in [6.45, 7) is 2.34. The smallest absolute Gasteiger partial charge is 0.303 e. The second kappa shape index (κ2) is 6.07. The van der Waals surface area contributed by atoms with Crippen molar-refractivity contribution in [1.29, 1.82) is 0 Å². The maximum absolute atomic E-state index is 12.2. The van der Waals surface area contributed by atoms with Crippen LogP contribution in [0.25, 0.3) is 0 Å². The van der Waals surface area contributed by atoms with E-state index in [0.717, 1.165) is 24.8 Å². The highest BCUT2D eigenvalue weighted by atomic mass is 16.4. The first-order valence-electron chi connectivity index (χ1n) is 7.07. The van der Waals surface area contributed by atoms with Gasteiger partial charge in [-0.1, -0.05) is 36.8 Å². The van der Waals surface area contributed by atoms with E-state index in [4.69, 9.17) is 5.11 Å². The molecule has 1 aliphatic rings. The normalized spacial score (nSPS) is 17.9. The predicted molar refractivity (Wildman–Crippen MR) is 76.4 cm³/mol. The van der Waals surface area contributed by atoms with E-state index in [1.54, 1.807) is 0 Å². The largest absolute Gasteiger partial charge is 0.481 e. The van der Waals surface area contributed by atoms with E-state index < -0.39 is 5.97 Å². The number of hydrogen-bond donors (Lipinski definition) is 2. The van der Waals surface area contributed by atoms with Crippen LogP contribution in [0, 0.1) is 5.41 Å². The summed E-state index contributed by atoms with van der Waals surface area (Å²) in [5, 5.41) is 11.9. The molecule has 0 radical (unpaired) electrons. The summed E-state index contributed by atoms with van der Waals surface area (Å²) < 4.78 is 0. The van der Waals surface area contributed by atoms with Crippen molar-refractivity contribution in [3.8, 4) is 0 Å². The lowest BCUT2D eigenvalue weighted by atomic mass is 9.66. The summed E-state index contributed by atoms with van der Waals surface area (Å²) in [6.07, 6.45) is 2.98. The van der Waals surface area contributed by atoms with Crippen molar-refractivity contribution >= 4 is 11.9 Å². The van der Waals surface area contributed by atoms with E-state index in [0.29, 0.717) is 6.54 Å². The van der Waals surface area contributed by atoms with Crippen molar-refractivity contribution in [2.24, 2.45) is 5.41 Å². The van der Waals surface area contributed by atoms with Crippen molar-refractivity contribution in [3.05, 3.63) is 35.9 Å². The molecule has 4 heteroatoms. The molecule has 0 aromatic heterocycles. The van der Waals surface area contributed by atoms with Gasteiger partial charge in [0.1, 0.15) is 0 Å². The maximum atomic E-state index is 12.2. The van der Waals surface area contributed by atoms with Crippen LogP contribution in [0.2, 0.25) is 0 Å². The molecule has 0 heterocycles. The lowest BCUT2D eigenvalue weighted by molar-refractivity contribution is -0.142. The summed E-state index contributed by atoms with van der Waals surface area (Å²) in [5.74, 6) is -1.03. The Balaban J connectivity index is 1.90. The van der Waals surface area contributed by atoms with Gasteiger partial charge in [0.25, 0.3) is 0 Å². The van der Waals surface area contributed by atoms with Crippen LogP contribution in [0.5, 0.6) is 0 Å². The lowest BCUT2D eigenvalue weighted by Crippen LogP contribution is -2.44. The fourth-order valence-electron chi connectivity index (χ4n) is 2.73. The Labute approximate surface area is 119 Å². The number of amides is 1. The highest BCUT2D eigenvalue weighted by Crippen LogP contribution is 2.43. The van der Waals surface area contributed by atoms with Crippen LogP contribution in [-0.4, -0.2) is 23.5 Å². The van der Waals surface area contributed by atoms with Crippen LogP contribution in [-0.2, 0) is 9.59 Å². The Morgan fingerprint density at radius 2 is 1.95 bits per heavy atom. The van der Waals surface area contributed by atoms with Gasteiger partial charge in [-0.2, -0.15) is 0 Å². The van der Waals surface area contributed by atoms with Crippen LogP contribution in [0.3, 0.4) is 0 Å². The number of benzene rings is 1. The van der Waals surface area contributed by atoms with Gasteiger partial charge in [-0.15, -0.1) is 0 Å². The van der Waals surface area contributed by atoms with Crippen LogP contribution in [0.15, 0.2) is 30.3 Å². The highest BCUT2D eigenvalue weighted by molar-refractivity contribution is 5.83. The Bertz CT molecular complexity index is 480. The molecule has 1 fully saturated rings. The molecule has 1 saturated carbocycles. The number of hydrogen-bond acceptors (Lipinski definition) is 2. The Kier molecular flexibility index (Phi) is 4.42. The van der Waals surface area contributed by atoms with Crippen molar-refractivity contribution in [1.82, 2.24) is 5.32 Å². The van der Waals surface area contributed by atoms with Gasteiger partial charge in [-0.25, -0.2) is 0 Å². The topological polar surface area (TPSA) is 66.4 Å². The van der Waals surface area contributed by atoms with Gasteiger partial charge in [-0.05, 0) is 30.7 Å². The number of carbonyl (C=O) groups is 2. The minimum Gasteiger partial charge on any atom is -0.481 e. The summed E-state index contributed by atoms with van der Waals surface area (Å²) in [5.41, 5.74) is 0.753. The summed E-state index contributed by atoms with van der Waals surface area (Å²) in [6, 6.07) is 9.61. The third-order valence-corrected chi connectivity index (χ3v) is 4.27. The monoisotopic (exact) mass is 275 g/mol. The van der Waals surface area contributed by atoms with E-state index >= 15 is 0 Å². The minimum absolute atomic E-state index is 0.0344. The molecule has 108 valence electrons. The molecule has 1 amide bonds. The van der Waals surface area contributed by atoms with Crippen molar-refractivity contribution in [3.63, 3.8) is 0 Å². The van der Waals surface area contributed by atoms with Gasteiger partial charge >= 0.3 is 5.97 Å². The molecule has 4 nitrogen and oxygen atoms in total. The summed E-state index contributed by atoms with van der Waals surface area (Å²) in [4.78, 5) is 23.1. The first-order valence-corrected chi connectivity index (χ1v) is 7.07. The standard InChI is InChI=1S/C16H21NO3/c1-12(13-6-3-2-4-7-13)15(20)17-11-16(8-5-9-16)10-14(18)19/h2-4,6-7,12H,5,8-11H2,1H3,(H,17,20)(H,18,19). The first-order chi connectivity index (χ1) is 9.52. The van der Waals surface area contributed by atoms with Gasteiger partial charge in [0.15, 0.2) is 0 Å². The summed E-state index contributed by atoms with van der Waals surface area (Å²) in [7, 11) is 0. The maximum Gasteiger partial charge on any atom is 0.303 e. The van der Waals surface area contributed by atoms with Crippen molar-refractivity contribution in [2.75, 3.05) is 6.54 Å². The second-order valence-electron chi connectivity index (χ2n) is 5.77. The number of carboxylic acids is 1. The molecular formula is C16H21NO3. The molecule has 1 atom stereocenters. The van der Waals surface area contributed by atoms with E-state index in [-0.39, 0.29) is 23.7 Å². The quantitative estimate of drug-likeness (QED) is 0.838. The predicted octanol–water partition coefficient (Wildman–Crippen LogP) is 2.55. The molecule has 1 aromatic carbocycles. The molecule has 1 unspecified atom stereocenters. The van der Waals surface area contributed by atoms with Crippen molar-refractivity contribution in [2.45, 2.75) is 38.5 Å². The van der Waals surface area contributed by atoms with Gasteiger partial charge in [0.05, 0.1) is 12.3 Å². The Morgan fingerprint density at radius 1 is 1.30 bits per heavy atom. The molecule has 0 spiro atoms. The molecule has 20 heavy (non-hydrogen) atoms. The molecule has 1 aromatic rings. The molecule has 1 aliphatic carbocycles. The van der Waals surface area contributed by atoms with Crippen LogP contribution < -0.4 is 5.32 Å². The minimum atomic E-state index is -0.782. The average Bonchev–Trinajstić information content (AvgIpc) is 2.41. The number of carboxylic acid groups (broad SMARTS) is 1. The van der Waals surface area contributed by atoms with Crippen LogP contribution >= 0.6 is 0 Å². The Hall–Kier alpha value is -1.84. The Morgan fingerprint density at radius 3 is 2.45 bits per heavy atom. The van der Waals surface area contributed by atoms with Crippen LogP contribution in [0.1, 0.15) is 44.1 Å². The second-order valence-corrected chi connectivity index (χ2v) is 5.77. The molecular weight excluding hydrogens is 254 g/mol. The zero-order valence-corrected chi connectivity index (χ0v) is 11.8. The van der Waals surface area contributed by atoms with Crippen molar-refractivity contribution < 1.29 is 14.7 Å². The molecule has 2 rings (SSSR count). The molecule has 2 N–H and O–H groups in total. The van der Waals surface area contributed by atoms with Crippen LogP contribution in [0.4, 0.5) is 0 Å². The summed E-state index contributed by atoms with van der Waals surface area (Å²) >= 11 is 0. The molecule has 0 saturated heterocycles. The van der Waals surface area contributed by atoms with Gasteiger partial charge < -0.3 is 10.4 Å². The zero-order valence-electron chi connectivity index (χ0n) is 11.8. The fraction of sp³-hybridized carbons (Fsp3) is 0.500. The van der Waals surface area contributed by atoms with Gasteiger partial charge in [-0.3, -0.25) is 9.59 Å². The number of rotatable bonds is 6. The third-order valence-electron chi connectivity index (χ3n) is 4.27. The third kappa shape index (κ3) is 3.38.